The standard InChI is InChI=1S/C13H9.C7H8Si.C5H5.2ClH.Zr/c1-3-7-12-10(5-1)9-11-6-2-4-8-13(11)12;1-8-7-5-3-2-4-6-7;1-2-4-5-3-1;;;/h1-9H;2-6H,1H3;1-3H,4H2;2*1H;/q-1;;-1;;;+4/p-2. The summed E-state index contributed by atoms with van der Waals surface area (Å²) in [7, 11) is 0.930. The van der Waals surface area contributed by atoms with Crippen molar-refractivity contribution in [3.05, 3.63) is 109 Å². The number of fused-ring (bicyclic) bond motifs is 3. The Balaban J connectivity index is 0.000000427. The second-order valence-corrected chi connectivity index (χ2v) is 7.02. The Hall–Kier alpha value is -1.31. The average Bonchev–Trinajstić information content (AvgIpc) is 3.40. The molecule has 0 saturated carbocycles. The normalized spacial score (nSPS) is 10.5. The number of halogens is 2. The molecule has 1 aliphatic carbocycles. The van der Waals surface area contributed by atoms with Crippen LogP contribution in [0.3, 0.4) is 0 Å². The monoisotopic (exact) mass is 510 g/mol. The van der Waals surface area contributed by atoms with Crippen LogP contribution in [0.5, 0.6) is 0 Å². The van der Waals surface area contributed by atoms with E-state index in [4.69, 9.17) is 0 Å². The Morgan fingerprint density at radius 2 is 1.28 bits per heavy atom. The van der Waals surface area contributed by atoms with Crippen LogP contribution in [0, 0.1) is 6.08 Å². The maximum absolute atomic E-state index is 2.99. The van der Waals surface area contributed by atoms with Gasteiger partial charge in [0.2, 0.25) is 0 Å². The van der Waals surface area contributed by atoms with Crippen molar-refractivity contribution in [1.82, 2.24) is 0 Å². The number of rotatable bonds is 1. The molecule has 0 fully saturated rings. The van der Waals surface area contributed by atoms with Crippen molar-refractivity contribution >= 4 is 36.3 Å². The van der Waals surface area contributed by atoms with E-state index >= 15 is 0 Å². The fourth-order valence-electron chi connectivity index (χ4n) is 2.85. The summed E-state index contributed by atoms with van der Waals surface area (Å²) in [5, 5.41) is 6.83. The first-order valence-corrected chi connectivity index (χ1v) is 10.4. The van der Waals surface area contributed by atoms with Gasteiger partial charge < -0.3 is 24.8 Å². The minimum atomic E-state index is 0. The van der Waals surface area contributed by atoms with E-state index in [1.54, 1.807) is 0 Å². The van der Waals surface area contributed by atoms with Gasteiger partial charge in [-0.05, 0) is 0 Å². The molecule has 0 spiro atoms. The summed E-state index contributed by atoms with van der Waals surface area (Å²) < 4.78 is 0. The molecular formula is C25H22Cl2SiZr. The van der Waals surface area contributed by atoms with Crippen LogP contribution >= 0.6 is 0 Å². The number of hydrogen-bond acceptors (Lipinski definition) is 0. The topological polar surface area (TPSA) is 0 Å². The zero-order chi connectivity index (χ0) is 18.0. The van der Waals surface area contributed by atoms with Gasteiger partial charge in [0.1, 0.15) is 0 Å². The third kappa shape index (κ3) is 8.52. The zero-order valence-electron chi connectivity index (χ0n) is 16.3. The molecule has 0 heterocycles. The SMILES string of the molecule is C[Si]c1ccccc1.[C-]1=CC=CC1.[Cl-].[Cl-].[Zr+4].c1ccc2c(c1)[cH-]c1ccccc12. The largest absolute Gasteiger partial charge is 4.00 e. The molecule has 0 nitrogen and oxygen atoms in total. The van der Waals surface area contributed by atoms with Crippen LogP contribution in [0.2, 0.25) is 6.55 Å². The second kappa shape index (κ2) is 15.5. The number of hydrogen-bond donors (Lipinski definition) is 0. The molecule has 2 radical (unpaired) electrons. The molecule has 0 unspecified atom stereocenters. The maximum atomic E-state index is 2.99. The van der Waals surface area contributed by atoms with Gasteiger partial charge in [0.25, 0.3) is 0 Å². The minimum absolute atomic E-state index is 0. The van der Waals surface area contributed by atoms with Crippen molar-refractivity contribution in [2.24, 2.45) is 0 Å². The molecule has 0 bridgehead atoms. The summed E-state index contributed by atoms with van der Waals surface area (Å²) in [5.41, 5.74) is 0. The van der Waals surface area contributed by atoms with Crippen LogP contribution in [0.1, 0.15) is 6.42 Å². The van der Waals surface area contributed by atoms with Crippen molar-refractivity contribution < 1.29 is 51.0 Å². The fourth-order valence-corrected chi connectivity index (χ4v) is 3.37. The van der Waals surface area contributed by atoms with Crippen molar-refractivity contribution in [2.45, 2.75) is 13.0 Å². The summed E-state index contributed by atoms with van der Waals surface area (Å²) >= 11 is 0. The van der Waals surface area contributed by atoms with E-state index in [-0.39, 0.29) is 51.0 Å². The van der Waals surface area contributed by atoms with Gasteiger partial charge >= 0.3 is 26.2 Å². The van der Waals surface area contributed by atoms with E-state index in [1.165, 1.54) is 26.7 Å². The average molecular weight is 513 g/mol. The predicted octanol–water partition coefficient (Wildman–Crippen LogP) is 0.0873. The second-order valence-electron chi connectivity index (χ2n) is 5.94. The molecule has 0 amide bonds. The Morgan fingerprint density at radius 3 is 1.66 bits per heavy atom. The Labute approximate surface area is 208 Å². The maximum Gasteiger partial charge on any atom is 4.00 e. The first kappa shape index (κ1) is 27.7. The van der Waals surface area contributed by atoms with Gasteiger partial charge in [-0.25, -0.2) is 12.2 Å². The molecule has 4 heteroatoms. The molecule has 4 aromatic rings. The van der Waals surface area contributed by atoms with E-state index < -0.39 is 0 Å². The molecule has 0 N–H and O–H groups in total. The molecular weight excluding hydrogens is 490 g/mol. The first-order chi connectivity index (χ1) is 12.9. The van der Waals surface area contributed by atoms with Gasteiger partial charge in [0.15, 0.2) is 0 Å². The first-order valence-electron chi connectivity index (χ1n) is 8.86. The third-order valence-corrected chi connectivity index (χ3v) is 5.08. The number of allylic oxidation sites excluding steroid dienone is 4. The molecule has 1 aliphatic rings. The van der Waals surface area contributed by atoms with Crippen LogP contribution in [-0.2, 0) is 26.2 Å². The minimum Gasteiger partial charge on any atom is -1.00 e. The van der Waals surface area contributed by atoms with E-state index in [0.717, 1.165) is 15.9 Å². The Bertz CT molecular complexity index is 947. The number of benzene rings is 3. The van der Waals surface area contributed by atoms with E-state index in [9.17, 15) is 0 Å². The molecule has 4 aromatic carbocycles. The van der Waals surface area contributed by atoms with Gasteiger partial charge in [-0.2, -0.15) is 6.08 Å². The molecule has 0 saturated heterocycles. The summed E-state index contributed by atoms with van der Waals surface area (Å²) in [6.07, 6.45) is 10.0. The van der Waals surface area contributed by atoms with E-state index in [0.29, 0.717) is 0 Å². The fraction of sp³-hybridized carbons (Fsp3) is 0.0800. The zero-order valence-corrected chi connectivity index (χ0v) is 21.2. The van der Waals surface area contributed by atoms with Gasteiger partial charge in [0, 0.05) is 0 Å². The van der Waals surface area contributed by atoms with Crippen LogP contribution < -0.4 is 30.0 Å². The van der Waals surface area contributed by atoms with Gasteiger partial charge in [-0.15, -0.1) is 46.2 Å². The molecule has 0 aliphatic heterocycles. The third-order valence-electron chi connectivity index (χ3n) is 4.17. The summed E-state index contributed by atoms with van der Waals surface area (Å²) in [6.45, 7) is 2.19. The van der Waals surface area contributed by atoms with Crippen molar-refractivity contribution in [3.8, 4) is 0 Å². The Kier molecular flexibility index (Phi) is 14.8. The van der Waals surface area contributed by atoms with Crippen LogP contribution in [0.4, 0.5) is 0 Å². The van der Waals surface area contributed by atoms with Crippen LogP contribution in [0.25, 0.3) is 21.5 Å². The summed E-state index contributed by atoms with van der Waals surface area (Å²) in [4.78, 5) is 0. The van der Waals surface area contributed by atoms with E-state index in [2.05, 4.69) is 97.6 Å². The Morgan fingerprint density at radius 1 is 0.759 bits per heavy atom. The smallest absolute Gasteiger partial charge is 1.00 e. The quantitative estimate of drug-likeness (QED) is 0.251. The van der Waals surface area contributed by atoms with E-state index in [1.807, 2.05) is 18.2 Å². The molecule has 0 aromatic heterocycles. The van der Waals surface area contributed by atoms with Gasteiger partial charge in [0.05, 0.1) is 9.52 Å². The van der Waals surface area contributed by atoms with Crippen molar-refractivity contribution in [1.29, 1.82) is 0 Å². The van der Waals surface area contributed by atoms with Gasteiger partial charge in [-0.3, -0.25) is 6.08 Å². The summed E-state index contributed by atoms with van der Waals surface area (Å²) in [6, 6.07) is 29.8. The molecule has 29 heavy (non-hydrogen) atoms. The molecule has 0 atom stereocenters. The molecule has 144 valence electrons. The van der Waals surface area contributed by atoms with Crippen LogP contribution in [0.15, 0.2) is 103 Å². The van der Waals surface area contributed by atoms with Crippen molar-refractivity contribution in [2.75, 3.05) is 0 Å². The van der Waals surface area contributed by atoms with Gasteiger partial charge in [-0.1, -0.05) is 78.5 Å². The summed E-state index contributed by atoms with van der Waals surface area (Å²) in [5.74, 6) is 0. The van der Waals surface area contributed by atoms with Crippen molar-refractivity contribution in [3.63, 3.8) is 0 Å². The predicted molar refractivity (Wildman–Crippen MR) is 116 cm³/mol. The molecule has 5 rings (SSSR count). The van der Waals surface area contributed by atoms with Crippen LogP contribution in [-0.4, -0.2) is 9.52 Å².